The van der Waals surface area contributed by atoms with E-state index in [1.165, 1.54) is 0 Å². The van der Waals surface area contributed by atoms with Crippen molar-refractivity contribution in [3.63, 3.8) is 0 Å². The number of benzene rings is 2. The van der Waals surface area contributed by atoms with E-state index in [1.54, 1.807) is 26.0 Å². The van der Waals surface area contributed by atoms with Crippen molar-refractivity contribution < 1.29 is 23.8 Å². The Morgan fingerprint density at radius 2 is 1.68 bits per heavy atom. The molecule has 1 aliphatic rings. The first-order valence-electron chi connectivity index (χ1n) is 11.5. The summed E-state index contributed by atoms with van der Waals surface area (Å²) in [5.74, 6) is 1.04. The number of fused-ring (bicyclic) bond motifs is 1. The number of para-hydroxylation sites is 2. The van der Waals surface area contributed by atoms with Crippen LogP contribution in [0, 0.1) is 0 Å². The Morgan fingerprint density at radius 1 is 0.941 bits per heavy atom. The minimum Gasteiger partial charge on any atom is -0.493 e. The molecule has 0 saturated carbocycles. The summed E-state index contributed by atoms with van der Waals surface area (Å²) < 4.78 is 16.4. The van der Waals surface area contributed by atoms with Crippen molar-refractivity contribution in [3.8, 4) is 11.5 Å². The first kappa shape index (κ1) is 23.5. The molecule has 0 aliphatic carbocycles. The van der Waals surface area contributed by atoms with Crippen molar-refractivity contribution in [2.75, 3.05) is 47.0 Å². The average Bonchev–Trinajstić information content (AvgIpc) is 3.30. The van der Waals surface area contributed by atoms with E-state index in [0.29, 0.717) is 44.3 Å². The minimum absolute atomic E-state index is 0.0312. The number of hydrogen-bond donors (Lipinski definition) is 1. The molecule has 0 bridgehead atoms. The van der Waals surface area contributed by atoms with Gasteiger partial charge in [-0.2, -0.15) is 0 Å². The fourth-order valence-corrected chi connectivity index (χ4v) is 4.61. The molecule has 1 N–H and O–H groups in total. The second kappa shape index (κ2) is 10.5. The van der Waals surface area contributed by atoms with E-state index in [0.717, 1.165) is 22.0 Å². The summed E-state index contributed by atoms with van der Waals surface area (Å²) in [4.78, 5) is 32.3. The highest BCUT2D eigenvalue weighted by Crippen LogP contribution is 2.42. The zero-order chi connectivity index (χ0) is 24.1. The van der Waals surface area contributed by atoms with Crippen molar-refractivity contribution in [1.82, 2.24) is 14.8 Å². The number of methoxy groups -OCH3 is 2. The Bertz CT molecular complexity index is 1150. The zero-order valence-electron chi connectivity index (χ0n) is 19.9. The number of H-pyrrole nitrogens is 1. The summed E-state index contributed by atoms with van der Waals surface area (Å²) in [6, 6.07) is 13.8. The molecule has 0 radical (unpaired) electrons. The van der Waals surface area contributed by atoms with E-state index < -0.39 is 0 Å². The van der Waals surface area contributed by atoms with Gasteiger partial charge in [-0.05, 0) is 24.6 Å². The highest BCUT2D eigenvalue weighted by atomic mass is 16.6. The van der Waals surface area contributed by atoms with E-state index in [2.05, 4.69) is 11.1 Å². The Kier molecular flexibility index (Phi) is 7.25. The largest absolute Gasteiger partial charge is 0.493 e. The Balaban J connectivity index is 1.63. The van der Waals surface area contributed by atoms with Gasteiger partial charge in [0, 0.05) is 61.2 Å². The number of nitrogens with one attached hydrogen (secondary N) is 1. The quantitative estimate of drug-likeness (QED) is 0.570. The zero-order valence-corrected chi connectivity index (χ0v) is 19.9. The predicted molar refractivity (Wildman–Crippen MR) is 129 cm³/mol. The summed E-state index contributed by atoms with van der Waals surface area (Å²) in [6.45, 7) is 4.01. The maximum Gasteiger partial charge on any atom is 0.409 e. The number of hydrogen-bond acceptors (Lipinski definition) is 5. The fraction of sp³-hybridized carbons (Fsp3) is 0.385. The van der Waals surface area contributed by atoms with Crippen LogP contribution < -0.4 is 9.47 Å². The van der Waals surface area contributed by atoms with E-state index in [1.807, 2.05) is 47.5 Å². The molecular weight excluding hydrogens is 434 g/mol. The van der Waals surface area contributed by atoms with Crippen LogP contribution in [0.3, 0.4) is 0 Å². The number of piperazine rings is 1. The van der Waals surface area contributed by atoms with Crippen LogP contribution in [0.5, 0.6) is 11.5 Å². The van der Waals surface area contributed by atoms with Gasteiger partial charge in [-0.3, -0.25) is 4.79 Å². The number of carbonyl (C=O) groups excluding carboxylic acids is 2. The van der Waals surface area contributed by atoms with Crippen LogP contribution in [0.2, 0.25) is 0 Å². The topological polar surface area (TPSA) is 84.1 Å². The number of amides is 2. The number of carbonyl (C=O) groups is 2. The molecule has 0 spiro atoms. The van der Waals surface area contributed by atoms with Crippen LogP contribution in [-0.2, 0) is 9.53 Å². The van der Waals surface area contributed by atoms with E-state index in [4.69, 9.17) is 14.2 Å². The fourth-order valence-electron chi connectivity index (χ4n) is 4.61. The van der Waals surface area contributed by atoms with Crippen molar-refractivity contribution in [2.24, 2.45) is 0 Å². The highest BCUT2D eigenvalue weighted by molar-refractivity contribution is 5.86. The van der Waals surface area contributed by atoms with Crippen molar-refractivity contribution in [3.05, 3.63) is 59.8 Å². The monoisotopic (exact) mass is 465 g/mol. The molecule has 3 aromatic rings. The molecular formula is C26H31N3O5. The van der Waals surface area contributed by atoms with Crippen molar-refractivity contribution in [1.29, 1.82) is 0 Å². The average molecular weight is 466 g/mol. The van der Waals surface area contributed by atoms with Crippen LogP contribution in [0.4, 0.5) is 4.79 Å². The van der Waals surface area contributed by atoms with Crippen molar-refractivity contribution in [2.45, 2.75) is 19.3 Å². The molecule has 34 heavy (non-hydrogen) atoms. The number of aromatic nitrogens is 1. The maximum absolute atomic E-state index is 13.5. The Labute approximate surface area is 199 Å². The lowest BCUT2D eigenvalue weighted by molar-refractivity contribution is -0.133. The molecule has 2 heterocycles. The normalized spacial score (nSPS) is 14.7. The van der Waals surface area contributed by atoms with Gasteiger partial charge in [-0.25, -0.2) is 4.79 Å². The molecule has 8 heteroatoms. The molecule has 180 valence electrons. The Hall–Kier alpha value is -3.68. The third-order valence-corrected chi connectivity index (χ3v) is 6.34. The summed E-state index contributed by atoms with van der Waals surface area (Å²) in [6.07, 6.45) is 1.91. The van der Waals surface area contributed by atoms with Gasteiger partial charge < -0.3 is 29.0 Å². The van der Waals surface area contributed by atoms with Crippen molar-refractivity contribution >= 4 is 22.9 Å². The maximum atomic E-state index is 13.5. The minimum atomic E-state index is -0.326. The summed E-state index contributed by atoms with van der Waals surface area (Å²) >= 11 is 0. The third-order valence-electron chi connectivity index (χ3n) is 6.34. The van der Waals surface area contributed by atoms with Crippen LogP contribution >= 0.6 is 0 Å². The van der Waals surface area contributed by atoms with Crippen LogP contribution in [0.1, 0.15) is 30.4 Å². The molecule has 1 saturated heterocycles. The smallest absolute Gasteiger partial charge is 0.409 e. The van der Waals surface area contributed by atoms with Crippen LogP contribution in [0.15, 0.2) is 48.7 Å². The summed E-state index contributed by atoms with van der Waals surface area (Å²) in [5, 5.41) is 1.07. The van der Waals surface area contributed by atoms with Gasteiger partial charge in [0.25, 0.3) is 0 Å². The molecule has 1 atom stereocenters. The van der Waals surface area contributed by atoms with Gasteiger partial charge in [-0.15, -0.1) is 0 Å². The highest BCUT2D eigenvalue weighted by Gasteiger charge is 2.30. The first-order chi connectivity index (χ1) is 16.6. The Morgan fingerprint density at radius 3 is 2.38 bits per heavy atom. The number of aromatic amines is 1. The number of nitrogens with zero attached hydrogens (tertiary/aromatic N) is 2. The molecule has 1 unspecified atom stereocenters. The third kappa shape index (κ3) is 4.66. The molecule has 8 nitrogen and oxygen atoms in total. The molecule has 1 aliphatic heterocycles. The standard InChI is InChI=1S/C26H31N3O5/c1-4-34-26(31)29-14-12-28(13-15-29)24(30)16-20(19-9-7-11-23(32-2)25(19)33-3)21-17-27-22-10-6-5-8-18(21)22/h5-11,17,20,27H,4,12-16H2,1-3H3. The van der Waals surface area contributed by atoms with E-state index >= 15 is 0 Å². The van der Waals surface area contributed by atoms with E-state index in [-0.39, 0.29) is 24.3 Å². The number of rotatable bonds is 7. The number of ether oxygens (including phenoxy) is 3. The lowest BCUT2D eigenvalue weighted by atomic mass is 9.87. The molecule has 1 fully saturated rings. The van der Waals surface area contributed by atoms with Gasteiger partial charge in [0.05, 0.1) is 20.8 Å². The predicted octanol–water partition coefficient (Wildman–Crippen LogP) is 4.01. The van der Waals surface area contributed by atoms with Gasteiger partial charge in [0.1, 0.15) is 0 Å². The van der Waals surface area contributed by atoms with E-state index in [9.17, 15) is 9.59 Å². The van der Waals surface area contributed by atoms with Crippen LogP contribution in [-0.4, -0.2) is 73.8 Å². The van der Waals surface area contributed by atoms with Gasteiger partial charge >= 0.3 is 6.09 Å². The van der Waals surface area contributed by atoms with Gasteiger partial charge in [-0.1, -0.05) is 30.3 Å². The second-order valence-electron chi connectivity index (χ2n) is 8.20. The SMILES string of the molecule is CCOC(=O)N1CCN(C(=O)CC(c2cccc(OC)c2OC)c2c[nH]c3ccccc23)CC1. The summed E-state index contributed by atoms with van der Waals surface area (Å²) in [7, 11) is 3.22. The lowest BCUT2D eigenvalue weighted by Gasteiger charge is -2.35. The summed E-state index contributed by atoms with van der Waals surface area (Å²) in [5.41, 5.74) is 2.94. The second-order valence-corrected chi connectivity index (χ2v) is 8.20. The molecule has 2 aromatic carbocycles. The first-order valence-corrected chi connectivity index (χ1v) is 11.5. The van der Waals surface area contributed by atoms with Crippen LogP contribution in [0.25, 0.3) is 10.9 Å². The molecule has 2 amide bonds. The molecule has 4 rings (SSSR count). The molecule has 1 aromatic heterocycles. The lowest BCUT2D eigenvalue weighted by Crippen LogP contribution is -2.50. The van der Waals surface area contributed by atoms with Gasteiger partial charge in [0.15, 0.2) is 11.5 Å². The van der Waals surface area contributed by atoms with Gasteiger partial charge in [0.2, 0.25) is 5.91 Å².